The highest BCUT2D eigenvalue weighted by Gasteiger charge is 2.18. The summed E-state index contributed by atoms with van der Waals surface area (Å²) in [4.78, 5) is 29.1. The van der Waals surface area contributed by atoms with Gasteiger partial charge in [0.2, 0.25) is 0 Å². The summed E-state index contributed by atoms with van der Waals surface area (Å²) in [6, 6.07) is 9.43. The molecule has 19 heavy (non-hydrogen) atoms. The minimum absolute atomic E-state index is 0.130. The van der Waals surface area contributed by atoms with Gasteiger partial charge in [-0.1, -0.05) is 12.1 Å². The number of aromatic nitrogens is 3. The van der Waals surface area contributed by atoms with Gasteiger partial charge in [-0.05, 0) is 18.2 Å². The van der Waals surface area contributed by atoms with Crippen LogP contribution in [0.3, 0.4) is 0 Å². The fourth-order valence-electron chi connectivity index (χ4n) is 1.99. The van der Waals surface area contributed by atoms with E-state index in [0.29, 0.717) is 11.2 Å². The number of nitro groups is 1. The number of nitrogens with one attached hydrogen (secondary N) is 1. The quantitative estimate of drug-likeness (QED) is 0.556. The van der Waals surface area contributed by atoms with E-state index in [4.69, 9.17) is 0 Å². The number of nitro benzene ring substituents is 1. The predicted molar refractivity (Wildman–Crippen MR) is 68.3 cm³/mol. The topological polar surface area (TPSA) is 93.8 Å². The molecule has 0 radical (unpaired) electrons. The van der Waals surface area contributed by atoms with Crippen LogP contribution in [0, 0.1) is 10.1 Å². The van der Waals surface area contributed by atoms with Gasteiger partial charge in [0, 0.05) is 12.3 Å². The van der Waals surface area contributed by atoms with Crippen LogP contribution >= 0.6 is 0 Å². The Balaban J connectivity index is 2.40. The molecule has 7 heteroatoms. The molecule has 0 spiro atoms. The molecule has 0 unspecified atom stereocenters. The van der Waals surface area contributed by atoms with Crippen molar-refractivity contribution in [1.29, 1.82) is 0 Å². The Labute approximate surface area is 106 Å². The van der Waals surface area contributed by atoms with Gasteiger partial charge in [0.05, 0.1) is 10.4 Å². The number of hydrogen-bond acceptors (Lipinski definition) is 4. The number of fused-ring (bicyclic) bond motifs is 1. The summed E-state index contributed by atoms with van der Waals surface area (Å²) in [6.07, 6.45) is 1.54. The van der Waals surface area contributed by atoms with Gasteiger partial charge in [-0.15, -0.1) is 0 Å². The molecule has 3 aromatic rings. The Hall–Kier alpha value is -2.96. The van der Waals surface area contributed by atoms with Crippen LogP contribution in [0.1, 0.15) is 0 Å². The maximum atomic E-state index is 12.0. The first-order valence-electron chi connectivity index (χ1n) is 5.48. The molecule has 7 nitrogen and oxygen atoms in total. The van der Waals surface area contributed by atoms with E-state index < -0.39 is 10.6 Å². The Bertz CT molecular complexity index is 834. The highest BCUT2D eigenvalue weighted by molar-refractivity contribution is 5.74. The molecule has 3 rings (SSSR count). The lowest BCUT2D eigenvalue weighted by Crippen LogP contribution is -2.15. The number of benzene rings is 1. The number of hydrogen-bond donors (Lipinski definition) is 1. The van der Waals surface area contributed by atoms with Crippen LogP contribution in [0.25, 0.3) is 16.9 Å². The molecule has 94 valence electrons. The summed E-state index contributed by atoms with van der Waals surface area (Å²) in [5.41, 5.74) is 0.529. The van der Waals surface area contributed by atoms with E-state index in [2.05, 4.69) is 9.97 Å². The third kappa shape index (κ3) is 1.68. The first kappa shape index (κ1) is 11.1. The minimum atomic E-state index is -0.517. The molecule has 0 aliphatic heterocycles. The normalized spacial score (nSPS) is 10.7. The number of pyridine rings is 1. The van der Waals surface area contributed by atoms with Crippen LogP contribution in [0.4, 0.5) is 5.69 Å². The Morgan fingerprint density at radius 1 is 1.21 bits per heavy atom. The van der Waals surface area contributed by atoms with Gasteiger partial charge in [-0.25, -0.2) is 9.78 Å². The fraction of sp³-hybridized carbons (Fsp3) is 0. The molecule has 0 fully saturated rings. The summed E-state index contributed by atoms with van der Waals surface area (Å²) in [5.74, 6) is 0. The summed E-state index contributed by atoms with van der Waals surface area (Å²) in [6.45, 7) is 0. The maximum absolute atomic E-state index is 12.0. The smallest absolute Gasteiger partial charge is 0.290 e. The van der Waals surface area contributed by atoms with Crippen molar-refractivity contribution in [3.8, 4) is 5.69 Å². The lowest BCUT2D eigenvalue weighted by molar-refractivity contribution is -0.384. The molecule has 0 aliphatic carbocycles. The first-order chi connectivity index (χ1) is 9.18. The van der Waals surface area contributed by atoms with Crippen LogP contribution in [0.15, 0.2) is 47.4 Å². The number of nitrogens with zero attached hydrogens (tertiary/aromatic N) is 3. The average molecular weight is 256 g/mol. The molecular weight excluding hydrogens is 248 g/mol. The van der Waals surface area contributed by atoms with Gasteiger partial charge < -0.3 is 0 Å². The van der Waals surface area contributed by atoms with E-state index in [1.165, 1.54) is 16.7 Å². The van der Waals surface area contributed by atoms with Crippen molar-refractivity contribution in [1.82, 2.24) is 14.5 Å². The Morgan fingerprint density at radius 2 is 2.00 bits per heavy atom. The molecule has 0 bridgehead atoms. The average Bonchev–Trinajstić information content (AvgIpc) is 2.74. The monoisotopic (exact) mass is 256 g/mol. The van der Waals surface area contributed by atoms with Crippen molar-refractivity contribution in [3.63, 3.8) is 0 Å². The van der Waals surface area contributed by atoms with Crippen molar-refractivity contribution in [2.24, 2.45) is 0 Å². The second kappa shape index (κ2) is 4.05. The second-order valence-corrected chi connectivity index (χ2v) is 3.88. The Morgan fingerprint density at radius 3 is 2.79 bits per heavy atom. The van der Waals surface area contributed by atoms with Crippen molar-refractivity contribution >= 4 is 16.9 Å². The van der Waals surface area contributed by atoms with E-state index in [1.54, 1.807) is 30.5 Å². The largest absolute Gasteiger partial charge is 0.332 e. The summed E-state index contributed by atoms with van der Waals surface area (Å²) in [7, 11) is 0. The maximum Gasteiger partial charge on any atom is 0.332 e. The molecule has 1 N–H and O–H groups in total. The molecule has 1 aromatic carbocycles. The van der Waals surface area contributed by atoms with Gasteiger partial charge in [-0.2, -0.15) is 0 Å². The summed E-state index contributed by atoms with van der Waals surface area (Å²) < 4.78 is 1.25. The molecule has 2 heterocycles. The summed E-state index contributed by atoms with van der Waals surface area (Å²) in [5, 5.41) is 11.0. The molecule has 0 saturated heterocycles. The van der Waals surface area contributed by atoms with E-state index in [9.17, 15) is 14.9 Å². The number of rotatable bonds is 2. The van der Waals surface area contributed by atoms with Gasteiger partial charge in [0.15, 0.2) is 5.65 Å². The van der Waals surface area contributed by atoms with Crippen LogP contribution in [-0.2, 0) is 0 Å². The summed E-state index contributed by atoms with van der Waals surface area (Å²) >= 11 is 0. The highest BCUT2D eigenvalue weighted by atomic mass is 16.6. The number of aromatic amines is 1. The van der Waals surface area contributed by atoms with Gasteiger partial charge in [0.1, 0.15) is 5.69 Å². The van der Waals surface area contributed by atoms with E-state index in [-0.39, 0.29) is 11.4 Å². The molecule has 0 saturated carbocycles. The van der Waals surface area contributed by atoms with Gasteiger partial charge >= 0.3 is 5.69 Å². The first-order valence-corrected chi connectivity index (χ1v) is 5.48. The van der Waals surface area contributed by atoms with E-state index in [0.717, 1.165) is 0 Å². The molecule has 0 atom stereocenters. The Kier molecular flexibility index (Phi) is 2.38. The van der Waals surface area contributed by atoms with E-state index >= 15 is 0 Å². The van der Waals surface area contributed by atoms with Crippen LogP contribution in [0.5, 0.6) is 0 Å². The zero-order chi connectivity index (χ0) is 13.4. The number of H-pyrrole nitrogens is 1. The molecule has 0 aliphatic rings. The van der Waals surface area contributed by atoms with Crippen molar-refractivity contribution in [3.05, 3.63) is 63.2 Å². The molecule has 0 amide bonds. The van der Waals surface area contributed by atoms with Crippen molar-refractivity contribution < 1.29 is 4.92 Å². The second-order valence-electron chi connectivity index (χ2n) is 3.88. The third-order valence-electron chi connectivity index (χ3n) is 2.78. The molecule has 2 aromatic heterocycles. The van der Waals surface area contributed by atoms with Crippen LogP contribution < -0.4 is 5.69 Å². The van der Waals surface area contributed by atoms with Crippen molar-refractivity contribution in [2.75, 3.05) is 0 Å². The number of imidazole rings is 1. The van der Waals surface area contributed by atoms with Crippen LogP contribution in [0.2, 0.25) is 0 Å². The highest BCUT2D eigenvalue weighted by Crippen LogP contribution is 2.23. The third-order valence-corrected chi connectivity index (χ3v) is 2.78. The lowest BCUT2D eigenvalue weighted by Gasteiger charge is -2.03. The van der Waals surface area contributed by atoms with Crippen molar-refractivity contribution in [2.45, 2.75) is 0 Å². The predicted octanol–water partition coefficient (Wildman–Crippen LogP) is 1.62. The molecular formula is C12H8N4O3. The van der Waals surface area contributed by atoms with Gasteiger partial charge in [-0.3, -0.25) is 19.7 Å². The zero-order valence-electron chi connectivity index (χ0n) is 9.61. The van der Waals surface area contributed by atoms with E-state index in [1.807, 2.05) is 0 Å². The standard InChI is InChI=1S/C12H8N4O3/c17-12-14-11-10(6-3-7-13-11)15(12)8-4-1-2-5-9(8)16(18)19/h1-7H,(H,13,14,17). The van der Waals surface area contributed by atoms with Crippen LogP contribution in [-0.4, -0.2) is 19.5 Å². The minimum Gasteiger partial charge on any atom is -0.290 e. The van der Waals surface area contributed by atoms with Gasteiger partial charge in [0.25, 0.3) is 5.69 Å². The SMILES string of the molecule is O=c1[nH]c2ncccc2n1-c1ccccc1[N+](=O)[O-]. The lowest BCUT2D eigenvalue weighted by atomic mass is 10.2. The number of para-hydroxylation sites is 2. The zero-order valence-corrected chi connectivity index (χ0v) is 9.61. The fourth-order valence-corrected chi connectivity index (χ4v) is 1.99.